The topological polar surface area (TPSA) is 79.7 Å². The average molecular weight is 366 g/mol. The molecule has 0 radical (unpaired) electrons. The molecule has 1 saturated heterocycles. The molecule has 6 heteroatoms. The number of amides is 1. The van der Waals surface area contributed by atoms with Gasteiger partial charge in [-0.25, -0.2) is 0 Å². The van der Waals surface area contributed by atoms with Crippen molar-refractivity contribution in [2.75, 3.05) is 13.2 Å². The fourth-order valence-electron chi connectivity index (χ4n) is 3.14. The number of rotatable bonds is 6. The van der Waals surface area contributed by atoms with Crippen molar-refractivity contribution in [1.82, 2.24) is 9.88 Å². The lowest BCUT2D eigenvalue weighted by atomic mass is 9.95. The third-order valence-corrected chi connectivity index (χ3v) is 4.39. The van der Waals surface area contributed by atoms with E-state index in [1.807, 2.05) is 44.2 Å². The molecule has 0 saturated carbocycles. The van der Waals surface area contributed by atoms with Crippen molar-refractivity contribution in [3.8, 4) is 0 Å². The summed E-state index contributed by atoms with van der Waals surface area (Å²) in [6.45, 7) is 4.39. The zero-order valence-electron chi connectivity index (χ0n) is 15.3. The van der Waals surface area contributed by atoms with Gasteiger partial charge in [0.15, 0.2) is 0 Å². The predicted octanol–water partition coefficient (Wildman–Crippen LogP) is 2.93. The molecule has 1 atom stereocenters. The van der Waals surface area contributed by atoms with Gasteiger partial charge < -0.3 is 14.7 Å². The molecule has 2 heterocycles. The normalized spacial score (nSPS) is 19.1. The second-order valence-corrected chi connectivity index (χ2v) is 6.56. The zero-order valence-corrected chi connectivity index (χ0v) is 15.3. The Morgan fingerprint density at radius 2 is 1.81 bits per heavy atom. The number of hydrogen-bond acceptors (Lipinski definition) is 5. The Hall–Kier alpha value is -2.99. The van der Waals surface area contributed by atoms with E-state index in [4.69, 9.17) is 4.74 Å². The van der Waals surface area contributed by atoms with Crippen LogP contribution in [-0.4, -0.2) is 45.9 Å². The molecule has 0 bridgehead atoms. The first kappa shape index (κ1) is 18.8. The number of aliphatic hydroxyl groups is 1. The molecule has 2 aromatic rings. The number of nitrogens with zero attached hydrogens (tertiary/aromatic N) is 2. The SMILES string of the molecule is CC(C)OCCN1C(=O)C(=O)/C(=C(\O)c2ccncc2)C1c1ccccc1. The number of carbonyl (C=O) groups is 2. The van der Waals surface area contributed by atoms with E-state index in [0.29, 0.717) is 12.2 Å². The maximum absolute atomic E-state index is 12.7. The Morgan fingerprint density at radius 1 is 1.15 bits per heavy atom. The van der Waals surface area contributed by atoms with E-state index < -0.39 is 17.7 Å². The number of ether oxygens (including phenoxy) is 1. The fraction of sp³-hybridized carbons (Fsp3) is 0.286. The van der Waals surface area contributed by atoms with E-state index in [2.05, 4.69) is 4.98 Å². The summed E-state index contributed by atoms with van der Waals surface area (Å²) in [5.74, 6) is -1.52. The highest BCUT2D eigenvalue weighted by molar-refractivity contribution is 6.46. The second-order valence-electron chi connectivity index (χ2n) is 6.56. The molecule has 1 fully saturated rings. The Morgan fingerprint density at radius 3 is 2.44 bits per heavy atom. The van der Waals surface area contributed by atoms with Gasteiger partial charge in [-0.2, -0.15) is 0 Å². The molecule has 1 amide bonds. The summed E-state index contributed by atoms with van der Waals surface area (Å²) in [6.07, 6.45) is 3.08. The van der Waals surface area contributed by atoms with Crippen LogP contribution in [0.1, 0.15) is 31.0 Å². The molecule has 1 aliphatic heterocycles. The summed E-state index contributed by atoms with van der Waals surface area (Å²) >= 11 is 0. The van der Waals surface area contributed by atoms with Crippen molar-refractivity contribution in [1.29, 1.82) is 0 Å². The lowest BCUT2D eigenvalue weighted by Crippen LogP contribution is -2.33. The number of ketones is 1. The number of likely N-dealkylation sites (tertiary alicyclic amines) is 1. The van der Waals surface area contributed by atoms with Gasteiger partial charge in [0.25, 0.3) is 11.7 Å². The third-order valence-electron chi connectivity index (χ3n) is 4.39. The van der Waals surface area contributed by atoms with Crippen LogP contribution in [0.15, 0.2) is 60.4 Å². The van der Waals surface area contributed by atoms with Crippen molar-refractivity contribution in [2.24, 2.45) is 0 Å². The number of pyridine rings is 1. The number of hydrogen-bond donors (Lipinski definition) is 1. The number of carbonyl (C=O) groups excluding carboxylic acids is 2. The molecule has 27 heavy (non-hydrogen) atoms. The molecule has 1 aromatic heterocycles. The summed E-state index contributed by atoms with van der Waals surface area (Å²) < 4.78 is 5.56. The largest absolute Gasteiger partial charge is 0.507 e. The van der Waals surface area contributed by atoms with Crippen LogP contribution in [0.4, 0.5) is 0 Å². The van der Waals surface area contributed by atoms with Crippen LogP contribution in [0.25, 0.3) is 5.76 Å². The highest BCUT2D eigenvalue weighted by Gasteiger charge is 2.45. The number of aliphatic hydroxyl groups excluding tert-OH is 1. The van der Waals surface area contributed by atoms with Crippen LogP contribution in [0.5, 0.6) is 0 Å². The van der Waals surface area contributed by atoms with Crippen LogP contribution in [0.3, 0.4) is 0 Å². The Balaban J connectivity index is 2.05. The first-order chi connectivity index (χ1) is 13.0. The Kier molecular flexibility index (Phi) is 5.66. The second kappa shape index (κ2) is 8.14. The molecule has 6 nitrogen and oxygen atoms in total. The van der Waals surface area contributed by atoms with Gasteiger partial charge in [-0.15, -0.1) is 0 Å². The summed E-state index contributed by atoms with van der Waals surface area (Å²) in [6, 6.07) is 11.8. The van der Waals surface area contributed by atoms with Crippen molar-refractivity contribution >= 4 is 17.4 Å². The smallest absolute Gasteiger partial charge is 0.295 e. The molecule has 1 aliphatic rings. The first-order valence-electron chi connectivity index (χ1n) is 8.86. The highest BCUT2D eigenvalue weighted by Crippen LogP contribution is 2.38. The number of benzene rings is 1. The van der Waals surface area contributed by atoms with Gasteiger partial charge in [0, 0.05) is 24.5 Å². The maximum atomic E-state index is 12.7. The minimum Gasteiger partial charge on any atom is -0.507 e. The molecule has 140 valence electrons. The van der Waals surface area contributed by atoms with Crippen LogP contribution in [0.2, 0.25) is 0 Å². The minimum absolute atomic E-state index is 0.0221. The van der Waals surface area contributed by atoms with Crippen molar-refractivity contribution in [3.05, 3.63) is 71.6 Å². The predicted molar refractivity (Wildman–Crippen MR) is 101 cm³/mol. The Labute approximate surface area is 158 Å². The van der Waals surface area contributed by atoms with Crippen molar-refractivity contribution in [2.45, 2.75) is 26.0 Å². The van der Waals surface area contributed by atoms with E-state index >= 15 is 0 Å². The highest BCUT2D eigenvalue weighted by atomic mass is 16.5. The standard InChI is InChI=1S/C21H22N2O4/c1-14(2)27-13-12-23-18(15-6-4-3-5-7-15)17(20(25)21(23)26)19(24)16-8-10-22-11-9-16/h3-11,14,18,24H,12-13H2,1-2H3/b19-17-. The van der Waals surface area contributed by atoms with E-state index in [1.165, 1.54) is 17.3 Å². The maximum Gasteiger partial charge on any atom is 0.295 e. The summed E-state index contributed by atoms with van der Waals surface area (Å²) in [5.41, 5.74) is 1.29. The number of aromatic nitrogens is 1. The molecule has 1 aromatic carbocycles. The van der Waals surface area contributed by atoms with E-state index in [0.717, 1.165) is 5.56 Å². The molecular formula is C21H22N2O4. The van der Waals surface area contributed by atoms with Crippen LogP contribution >= 0.6 is 0 Å². The van der Waals surface area contributed by atoms with Crippen LogP contribution in [0, 0.1) is 0 Å². The van der Waals surface area contributed by atoms with Gasteiger partial charge in [-0.05, 0) is 31.5 Å². The summed E-state index contributed by atoms with van der Waals surface area (Å²) in [7, 11) is 0. The van der Waals surface area contributed by atoms with Crippen molar-refractivity contribution in [3.63, 3.8) is 0 Å². The first-order valence-corrected chi connectivity index (χ1v) is 8.86. The summed E-state index contributed by atoms with van der Waals surface area (Å²) in [4.78, 5) is 30.8. The van der Waals surface area contributed by atoms with Gasteiger partial charge in [0.1, 0.15) is 5.76 Å². The monoisotopic (exact) mass is 366 g/mol. The van der Waals surface area contributed by atoms with Crippen molar-refractivity contribution < 1.29 is 19.4 Å². The molecule has 0 spiro atoms. The third kappa shape index (κ3) is 3.90. The Bertz CT molecular complexity index is 847. The lowest BCUT2D eigenvalue weighted by molar-refractivity contribution is -0.140. The van der Waals surface area contributed by atoms with E-state index in [-0.39, 0.29) is 24.0 Å². The van der Waals surface area contributed by atoms with E-state index in [1.54, 1.807) is 12.1 Å². The molecule has 1 N–H and O–H groups in total. The lowest BCUT2D eigenvalue weighted by Gasteiger charge is -2.25. The van der Waals surface area contributed by atoms with Crippen LogP contribution < -0.4 is 0 Å². The van der Waals surface area contributed by atoms with Gasteiger partial charge in [-0.3, -0.25) is 14.6 Å². The fourth-order valence-corrected chi connectivity index (χ4v) is 3.14. The molecule has 1 unspecified atom stereocenters. The van der Waals surface area contributed by atoms with E-state index in [9.17, 15) is 14.7 Å². The zero-order chi connectivity index (χ0) is 19.4. The molecular weight excluding hydrogens is 344 g/mol. The van der Waals surface area contributed by atoms with Crippen LogP contribution in [-0.2, 0) is 14.3 Å². The summed E-state index contributed by atoms with van der Waals surface area (Å²) in [5, 5.41) is 10.8. The quantitative estimate of drug-likeness (QED) is 0.483. The number of Topliss-reactive ketones (excluding diaryl/α,β-unsaturated/α-hetero) is 1. The van der Waals surface area contributed by atoms with Gasteiger partial charge in [0.05, 0.1) is 24.3 Å². The van der Waals surface area contributed by atoms with Gasteiger partial charge >= 0.3 is 0 Å². The minimum atomic E-state index is -0.692. The average Bonchev–Trinajstić information content (AvgIpc) is 2.93. The molecule has 3 rings (SSSR count). The molecule has 0 aliphatic carbocycles. The van der Waals surface area contributed by atoms with Gasteiger partial charge in [-0.1, -0.05) is 30.3 Å². The van der Waals surface area contributed by atoms with Gasteiger partial charge in [0.2, 0.25) is 0 Å².